The first-order chi connectivity index (χ1) is 13.2. The van der Waals surface area contributed by atoms with Crippen molar-refractivity contribution in [3.8, 4) is 0 Å². The molecule has 0 spiro atoms. The maximum Gasteiger partial charge on any atom is 0.419 e. The minimum Gasteiger partial charge on any atom is -0.348 e. The third-order valence-electron chi connectivity index (χ3n) is 6.40. The molecule has 156 valence electrons. The van der Waals surface area contributed by atoms with E-state index in [1.807, 2.05) is 4.90 Å². The predicted molar refractivity (Wildman–Crippen MR) is 99.9 cm³/mol. The second kappa shape index (κ2) is 8.68. The van der Waals surface area contributed by atoms with Crippen molar-refractivity contribution < 1.29 is 27.8 Å². The number of nitrogens with one attached hydrogen (secondary N) is 3. The quantitative estimate of drug-likeness (QED) is 0.797. The highest BCUT2D eigenvalue weighted by Gasteiger charge is 2.34. The molecule has 1 amide bonds. The Kier molecular flexibility index (Phi) is 6.47. The van der Waals surface area contributed by atoms with Crippen LogP contribution in [-0.4, -0.2) is 44.7 Å². The Morgan fingerprint density at radius 2 is 1.96 bits per heavy atom. The molecule has 1 aromatic heterocycles. The molecule has 3 atom stereocenters. The molecule has 2 aliphatic rings. The van der Waals surface area contributed by atoms with Gasteiger partial charge < -0.3 is 10.2 Å². The molecule has 0 bridgehead atoms. The fraction of sp³-hybridized carbons (Fsp3) is 0.700. The minimum atomic E-state index is -4.33. The number of aromatic amines is 1. The third-order valence-corrected chi connectivity index (χ3v) is 6.40. The summed E-state index contributed by atoms with van der Waals surface area (Å²) in [4.78, 5) is 18.5. The van der Waals surface area contributed by atoms with E-state index in [2.05, 4.69) is 24.1 Å². The highest BCUT2D eigenvalue weighted by molar-refractivity contribution is 5.77. The molecule has 1 aromatic rings. The normalized spacial score (nSPS) is 26.9. The Hall–Kier alpha value is -1.83. The Morgan fingerprint density at radius 3 is 2.57 bits per heavy atom. The van der Waals surface area contributed by atoms with E-state index in [0.717, 1.165) is 31.8 Å². The molecule has 3 N–H and O–H groups in total. The topological polar surface area (TPSA) is 50.9 Å². The van der Waals surface area contributed by atoms with Crippen molar-refractivity contribution in [3.05, 3.63) is 23.9 Å². The van der Waals surface area contributed by atoms with E-state index < -0.39 is 11.7 Å². The van der Waals surface area contributed by atoms with Gasteiger partial charge in [0, 0.05) is 12.1 Å². The molecule has 5 nitrogen and oxygen atoms in total. The van der Waals surface area contributed by atoms with Crippen molar-refractivity contribution in [2.45, 2.75) is 45.3 Å². The van der Waals surface area contributed by atoms with E-state index in [4.69, 9.17) is 0 Å². The monoisotopic (exact) mass is 400 g/mol. The number of piperazine rings is 1. The van der Waals surface area contributed by atoms with Gasteiger partial charge in [0.2, 0.25) is 0 Å². The smallest absolute Gasteiger partial charge is 0.348 e. The average Bonchev–Trinajstić information content (AvgIpc) is 2.65. The number of nitrogens with zero attached hydrogens (tertiary/aromatic N) is 1. The van der Waals surface area contributed by atoms with E-state index in [0.29, 0.717) is 37.3 Å². The molecule has 0 radical (unpaired) electrons. The van der Waals surface area contributed by atoms with Gasteiger partial charge in [-0.3, -0.25) is 9.69 Å². The summed E-state index contributed by atoms with van der Waals surface area (Å²) in [5.74, 6) is 1.95. The predicted octanol–water partition coefficient (Wildman–Crippen LogP) is 1.17. The summed E-state index contributed by atoms with van der Waals surface area (Å²) in [6, 6.07) is 2.86. The largest absolute Gasteiger partial charge is 0.419 e. The first-order valence-corrected chi connectivity index (χ1v) is 10.2. The lowest BCUT2D eigenvalue weighted by Gasteiger charge is -2.35. The summed E-state index contributed by atoms with van der Waals surface area (Å²) in [5.41, 5.74) is -0.677. The van der Waals surface area contributed by atoms with Gasteiger partial charge in [-0.05, 0) is 24.3 Å². The van der Waals surface area contributed by atoms with Crippen LogP contribution in [0.25, 0.3) is 0 Å². The van der Waals surface area contributed by atoms with E-state index >= 15 is 0 Å². The average molecular weight is 400 g/mol. The molecule has 28 heavy (non-hydrogen) atoms. The number of quaternary nitrogens is 1. The fourth-order valence-corrected chi connectivity index (χ4v) is 4.30. The van der Waals surface area contributed by atoms with Gasteiger partial charge in [0.15, 0.2) is 6.54 Å². The van der Waals surface area contributed by atoms with Crippen molar-refractivity contribution in [2.75, 3.05) is 37.6 Å². The lowest BCUT2D eigenvalue weighted by Crippen LogP contribution is -3.16. The van der Waals surface area contributed by atoms with Gasteiger partial charge in [-0.1, -0.05) is 26.7 Å². The highest BCUT2D eigenvalue weighted by Crippen LogP contribution is 2.29. The van der Waals surface area contributed by atoms with Crippen LogP contribution in [0, 0.1) is 11.8 Å². The number of pyridine rings is 1. The molecule has 2 heterocycles. The van der Waals surface area contributed by atoms with Gasteiger partial charge in [-0.2, -0.15) is 13.2 Å². The number of rotatable bonds is 4. The van der Waals surface area contributed by atoms with Crippen molar-refractivity contribution in [3.63, 3.8) is 0 Å². The van der Waals surface area contributed by atoms with E-state index in [9.17, 15) is 18.0 Å². The molecule has 1 saturated heterocycles. The Labute approximate surface area is 164 Å². The summed E-state index contributed by atoms with van der Waals surface area (Å²) in [6.07, 6.45) is 0.143. The van der Waals surface area contributed by atoms with Crippen LogP contribution in [0.15, 0.2) is 18.3 Å². The number of anilines is 1. The Morgan fingerprint density at radius 1 is 1.25 bits per heavy atom. The van der Waals surface area contributed by atoms with Crippen molar-refractivity contribution >= 4 is 11.7 Å². The molecule has 0 aromatic carbocycles. The van der Waals surface area contributed by atoms with Crippen molar-refractivity contribution in [1.82, 2.24) is 5.32 Å². The Balaban J connectivity index is 1.45. The van der Waals surface area contributed by atoms with Crippen LogP contribution >= 0.6 is 0 Å². The van der Waals surface area contributed by atoms with E-state index in [1.54, 1.807) is 0 Å². The second-order valence-corrected chi connectivity index (χ2v) is 8.32. The number of alkyl halides is 3. The molecular weight excluding hydrogens is 369 g/mol. The number of carbonyl (C=O) groups is 1. The fourth-order valence-electron chi connectivity index (χ4n) is 4.30. The van der Waals surface area contributed by atoms with Crippen LogP contribution in [-0.2, 0) is 11.0 Å². The molecule has 2 fully saturated rings. The summed E-state index contributed by atoms with van der Waals surface area (Å²) in [5, 5.41) is 3.22. The van der Waals surface area contributed by atoms with Crippen molar-refractivity contribution in [1.29, 1.82) is 0 Å². The third kappa shape index (κ3) is 5.16. The molecule has 0 unspecified atom stereocenters. The number of aromatic nitrogens is 1. The lowest BCUT2D eigenvalue weighted by atomic mass is 9.78. The summed E-state index contributed by atoms with van der Waals surface area (Å²) in [6.45, 7) is 7.94. The van der Waals surface area contributed by atoms with E-state index in [-0.39, 0.29) is 11.9 Å². The molecular formula is C20H31F3N4O+2. The Bertz CT molecular complexity index is 656. The first-order valence-electron chi connectivity index (χ1n) is 10.2. The van der Waals surface area contributed by atoms with Gasteiger partial charge in [-0.15, -0.1) is 0 Å². The molecule has 1 aliphatic heterocycles. The van der Waals surface area contributed by atoms with Crippen LogP contribution in [0.1, 0.15) is 38.7 Å². The van der Waals surface area contributed by atoms with Gasteiger partial charge in [0.05, 0.1) is 5.56 Å². The second-order valence-electron chi connectivity index (χ2n) is 8.32. The van der Waals surface area contributed by atoms with Crippen LogP contribution < -0.4 is 20.1 Å². The zero-order chi connectivity index (χ0) is 20.3. The first kappa shape index (κ1) is 20.9. The molecule has 1 aliphatic carbocycles. The number of hydrogen-bond acceptors (Lipinski definition) is 2. The number of halogens is 3. The van der Waals surface area contributed by atoms with Crippen LogP contribution in [0.2, 0.25) is 0 Å². The summed E-state index contributed by atoms with van der Waals surface area (Å²) >= 11 is 0. The molecule has 1 saturated carbocycles. The molecule has 8 heteroatoms. The number of hydrogen-bond donors (Lipinski definition) is 2. The maximum absolute atomic E-state index is 12.7. The lowest BCUT2D eigenvalue weighted by molar-refractivity contribution is -0.892. The maximum atomic E-state index is 12.7. The number of H-pyrrole nitrogens is 1. The SMILES string of the molecule is C[C@@H]1[C@@H](C)CCC[C@H]1NC(=O)C[NH+]1CCN(c2ccc(C(F)(F)F)c[nH+]2)CC1. The highest BCUT2D eigenvalue weighted by atomic mass is 19.4. The van der Waals surface area contributed by atoms with Crippen LogP contribution in [0.4, 0.5) is 19.0 Å². The summed E-state index contributed by atoms with van der Waals surface area (Å²) < 4.78 is 38.0. The molecule has 3 rings (SSSR count). The van der Waals surface area contributed by atoms with Crippen LogP contribution in [0.3, 0.4) is 0 Å². The zero-order valence-electron chi connectivity index (χ0n) is 16.6. The number of carbonyl (C=O) groups excluding carboxylic acids is 1. The van der Waals surface area contributed by atoms with Gasteiger partial charge in [0.25, 0.3) is 11.7 Å². The zero-order valence-corrected chi connectivity index (χ0v) is 16.6. The van der Waals surface area contributed by atoms with Gasteiger partial charge in [0.1, 0.15) is 32.4 Å². The van der Waals surface area contributed by atoms with E-state index in [1.165, 1.54) is 23.8 Å². The van der Waals surface area contributed by atoms with Gasteiger partial charge in [-0.25, -0.2) is 4.98 Å². The standard InChI is InChI=1S/C20H29F3N4O/c1-14-4-3-5-17(15(14)2)25-19(28)13-26-8-10-27(11-9-26)18-7-6-16(12-24-18)20(21,22)23/h6-7,12,14-15,17H,3-5,8-11,13H2,1-2H3,(H,25,28)/p+2/t14-,15+,17+/m0/s1. The number of amides is 1. The summed E-state index contributed by atoms with van der Waals surface area (Å²) in [7, 11) is 0. The van der Waals surface area contributed by atoms with Gasteiger partial charge >= 0.3 is 6.18 Å². The minimum absolute atomic E-state index is 0.107. The van der Waals surface area contributed by atoms with Crippen LogP contribution in [0.5, 0.6) is 0 Å². The van der Waals surface area contributed by atoms with Crippen molar-refractivity contribution in [2.24, 2.45) is 11.8 Å².